The average molecular weight is 188 g/mol. The van der Waals surface area contributed by atoms with E-state index in [9.17, 15) is 0 Å². The highest BCUT2D eigenvalue weighted by Gasteiger charge is 1.92. The Bertz CT molecular complexity index is 259. The first kappa shape index (κ1) is 11.0. The molecule has 0 aromatic heterocycles. The highest BCUT2D eigenvalue weighted by Crippen LogP contribution is 2.09. The SMILES string of the molecule is C=C(C)CCCCCc1ccccc1. The van der Waals surface area contributed by atoms with Crippen LogP contribution in [-0.2, 0) is 6.42 Å². The summed E-state index contributed by atoms with van der Waals surface area (Å²) in [5, 5.41) is 0. The summed E-state index contributed by atoms with van der Waals surface area (Å²) in [6.45, 7) is 6.02. The van der Waals surface area contributed by atoms with E-state index in [1.165, 1.54) is 43.2 Å². The van der Waals surface area contributed by atoms with Gasteiger partial charge in [-0.3, -0.25) is 0 Å². The second kappa shape index (κ2) is 6.42. The third kappa shape index (κ3) is 4.86. The van der Waals surface area contributed by atoms with Crippen LogP contribution in [0.1, 0.15) is 38.2 Å². The molecule has 0 amide bonds. The van der Waals surface area contributed by atoms with E-state index in [4.69, 9.17) is 0 Å². The van der Waals surface area contributed by atoms with Gasteiger partial charge in [-0.2, -0.15) is 0 Å². The summed E-state index contributed by atoms with van der Waals surface area (Å²) in [5.41, 5.74) is 2.77. The van der Waals surface area contributed by atoms with Crippen LogP contribution in [0.15, 0.2) is 42.5 Å². The number of unbranched alkanes of at least 4 members (excludes halogenated alkanes) is 2. The summed E-state index contributed by atoms with van der Waals surface area (Å²) < 4.78 is 0. The Balaban J connectivity index is 2.08. The Morgan fingerprint density at radius 1 is 1.07 bits per heavy atom. The number of hydrogen-bond acceptors (Lipinski definition) is 0. The fourth-order valence-corrected chi connectivity index (χ4v) is 1.58. The summed E-state index contributed by atoms with van der Waals surface area (Å²) in [6, 6.07) is 10.7. The summed E-state index contributed by atoms with van der Waals surface area (Å²) in [6.07, 6.45) is 6.33. The Morgan fingerprint density at radius 3 is 2.43 bits per heavy atom. The Morgan fingerprint density at radius 2 is 1.79 bits per heavy atom. The maximum absolute atomic E-state index is 3.91. The lowest BCUT2D eigenvalue weighted by Crippen LogP contribution is -1.85. The van der Waals surface area contributed by atoms with E-state index in [1.54, 1.807) is 0 Å². The van der Waals surface area contributed by atoms with Crippen LogP contribution >= 0.6 is 0 Å². The first-order valence-corrected chi connectivity index (χ1v) is 5.47. The van der Waals surface area contributed by atoms with Crippen molar-refractivity contribution in [3.8, 4) is 0 Å². The van der Waals surface area contributed by atoms with E-state index in [2.05, 4.69) is 43.8 Å². The smallest absolute Gasteiger partial charge is 0.0279 e. The van der Waals surface area contributed by atoms with Crippen LogP contribution in [0.2, 0.25) is 0 Å². The molecule has 0 heterocycles. The molecule has 0 bridgehead atoms. The molecule has 0 fully saturated rings. The van der Waals surface area contributed by atoms with Gasteiger partial charge in [0.15, 0.2) is 0 Å². The van der Waals surface area contributed by atoms with Gasteiger partial charge < -0.3 is 0 Å². The molecule has 0 saturated heterocycles. The molecule has 0 aliphatic rings. The van der Waals surface area contributed by atoms with Crippen LogP contribution in [0.3, 0.4) is 0 Å². The molecule has 0 N–H and O–H groups in total. The molecule has 0 aliphatic heterocycles. The van der Waals surface area contributed by atoms with Gasteiger partial charge in [-0.25, -0.2) is 0 Å². The lowest BCUT2D eigenvalue weighted by Gasteiger charge is -2.01. The minimum atomic E-state index is 1.19. The second-order valence-electron chi connectivity index (χ2n) is 4.00. The van der Waals surface area contributed by atoms with Crippen molar-refractivity contribution >= 4 is 0 Å². The van der Waals surface area contributed by atoms with Crippen molar-refractivity contribution in [3.63, 3.8) is 0 Å². The number of benzene rings is 1. The van der Waals surface area contributed by atoms with E-state index >= 15 is 0 Å². The highest BCUT2D eigenvalue weighted by molar-refractivity contribution is 5.14. The third-order valence-electron chi connectivity index (χ3n) is 2.41. The molecule has 0 aliphatic carbocycles. The van der Waals surface area contributed by atoms with E-state index < -0.39 is 0 Å². The van der Waals surface area contributed by atoms with Crippen molar-refractivity contribution in [1.29, 1.82) is 0 Å². The van der Waals surface area contributed by atoms with Crippen molar-refractivity contribution in [1.82, 2.24) is 0 Å². The lowest BCUT2D eigenvalue weighted by molar-refractivity contribution is 0.676. The molecule has 1 rings (SSSR count). The Labute approximate surface area is 87.7 Å². The molecule has 14 heavy (non-hydrogen) atoms. The maximum atomic E-state index is 3.91. The highest BCUT2D eigenvalue weighted by atomic mass is 14.0. The number of allylic oxidation sites excluding steroid dienone is 1. The van der Waals surface area contributed by atoms with E-state index in [1.807, 2.05) is 0 Å². The molecule has 0 spiro atoms. The molecule has 0 nitrogen and oxygen atoms in total. The standard InChI is InChI=1S/C14H20/c1-13(2)9-5-3-6-10-14-11-7-4-8-12-14/h4,7-8,11-12H,1,3,5-6,9-10H2,2H3. The van der Waals surface area contributed by atoms with Crippen molar-refractivity contribution in [3.05, 3.63) is 48.0 Å². The monoisotopic (exact) mass is 188 g/mol. The van der Waals surface area contributed by atoms with Gasteiger partial charge in [0.2, 0.25) is 0 Å². The molecule has 0 radical (unpaired) electrons. The largest absolute Gasteiger partial charge is 0.100 e. The fourth-order valence-electron chi connectivity index (χ4n) is 1.58. The molecule has 0 saturated carbocycles. The first-order chi connectivity index (χ1) is 6.79. The van der Waals surface area contributed by atoms with Crippen molar-refractivity contribution in [2.24, 2.45) is 0 Å². The Kier molecular flexibility index (Phi) is 5.06. The second-order valence-corrected chi connectivity index (χ2v) is 4.00. The molecule has 0 atom stereocenters. The van der Waals surface area contributed by atoms with Crippen molar-refractivity contribution in [2.75, 3.05) is 0 Å². The molecule has 1 aromatic rings. The van der Waals surface area contributed by atoms with Gasteiger partial charge in [0.05, 0.1) is 0 Å². The van der Waals surface area contributed by atoms with Crippen molar-refractivity contribution < 1.29 is 0 Å². The quantitative estimate of drug-likeness (QED) is 0.459. The van der Waals surface area contributed by atoms with E-state index in [0.717, 1.165) is 0 Å². The fraction of sp³-hybridized carbons (Fsp3) is 0.429. The number of hydrogen-bond donors (Lipinski definition) is 0. The van der Waals surface area contributed by atoms with Gasteiger partial charge in [0, 0.05) is 0 Å². The average Bonchev–Trinajstić information content (AvgIpc) is 2.18. The van der Waals surface area contributed by atoms with Gasteiger partial charge in [0.25, 0.3) is 0 Å². The normalized spacial score (nSPS) is 10.1. The van der Waals surface area contributed by atoms with Crippen LogP contribution in [0.25, 0.3) is 0 Å². The lowest BCUT2D eigenvalue weighted by atomic mass is 10.0. The van der Waals surface area contributed by atoms with Crippen LogP contribution in [0, 0.1) is 0 Å². The van der Waals surface area contributed by atoms with Gasteiger partial charge in [-0.1, -0.05) is 42.3 Å². The summed E-state index contributed by atoms with van der Waals surface area (Å²) in [4.78, 5) is 0. The van der Waals surface area contributed by atoms with E-state index in [-0.39, 0.29) is 0 Å². The molecular weight excluding hydrogens is 168 g/mol. The van der Waals surface area contributed by atoms with Gasteiger partial charge in [-0.15, -0.1) is 6.58 Å². The zero-order valence-electron chi connectivity index (χ0n) is 9.13. The van der Waals surface area contributed by atoms with Crippen molar-refractivity contribution in [2.45, 2.75) is 39.0 Å². The van der Waals surface area contributed by atoms with Crippen LogP contribution in [0.4, 0.5) is 0 Å². The summed E-state index contributed by atoms with van der Waals surface area (Å²) in [7, 11) is 0. The molecule has 76 valence electrons. The molecular formula is C14H20. The zero-order chi connectivity index (χ0) is 10.2. The number of rotatable bonds is 6. The minimum Gasteiger partial charge on any atom is -0.100 e. The maximum Gasteiger partial charge on any atom is -0.0279 e. The van der Waals surface area contributed by atoms with Gasteiger partial charge >= 0.3 is 0 Å². The third-order valence-corrected chi connectivity index (χ3v) is 2.41. The summed E-state index contributed by atoms with van der Waals surface area (Å²) in [5.74, 6) is 0. The Hall–Kier alpha value is -1.04. The van der Waals surface area contributed by atoms with Gasteiger partial charge in [-0.05, 0) is 38.2 Å². The first-order valence-electron chi connectivity index (χ1n) is 5.47. The zero-order valence-corrected chi connectivity index (χ0v) is 9.13. The van der Waals surface area contributed by atoms with Crippen LogP contribution in [-0.4, -0.2) is 0 Å². The molecule has 1 aromatic carbocycles. The van der Waals surface area contributed by atoms with Gasteiger partial charge in [0.1, 0.15) is 0 Å². The number of aryl methyl sites for hydroxylation is 1. The molecule has 0 heteroatoms. The predicted octanol–water partition coefficient (Wildman–Crippen LogP) is 4.37. The van der Waals surface area contributed by atoms with Crippen LogP contribution in [0.5, 0.6) is 0 Å². The molecule has 0 unspecified atom stereocenters. The van der Waals surface area contributed by atoms with E-state index in [0.29, 0.717) is 0 Å². The minimum absolute atomic E-state index is 1.19. The topological polar surface area (TPSA) is 0 Å². The van der Waals surface area contributed by atoms with Crippen LogP contribution < -0.4 is 0 Å². The summed E-state index contributed by atoms with van der Waals surface area (Å²) >= 11 is 0. The predicted molar refractivity (Wildman–Crippen MR) is 63.4 cm³/mol.